The summed E-state index contributed by atoms with van der Waals surface area (Å²) in [6.45, 7) is 3.37. The SMILES string of the molecule is CC(=O)c1ccc(N2CCC(n3ccc(=O)c(-c4ccnn4-c4ccccc4)n3)CC2)s1. The normalized spacial score (nSPS) is 14.6. The van der Waals surface area contributed by atoms with Crippen molar-refractivity contribution in [2.24, 2.45) is 0 Å². The molecule has 5 rings (SSSR count). The minimum Gasteiger partial charge on any atom is -0.363 e. The van der Waals surface area contributed by atoms with E-state index < -0.39 is 0 Å². The Morgan fingerprint density at radius 1 is 1.03 bits per heavy atom. The highest BCUT2D eigenvalue weighted by Crippen LogP contribution is 2.31. The Hall–Kier alpha value is -3.52. The summed E-state index contributed by atoms with van der Waals surface area (Å²) in [7, 11) is 0. The number of hydrogen-bond acceptors (Lipinski definition) is 6. The van der Waals surface area contributed by atoms with Gasteiger partial charge in [-0.25, -0.2) is 4.68 Å². The number of piperidine rings is 1. The molecule has 0 aliphatic carbocycles. The van der Waals surface area contributed by atoms with Gasteiger partial charge in [-0.3, -0.25) is 14.3 Å². The first-order chi connectivity index (χ1) is 15.6. The Balaban J connectivity index is 1.37. The molecule has 7 nitrogen and oxygen atoms in total. The summed E-state index contributed by atoms with van der Waals surface area (Å²) >= 11 is 1.55. The second-order valence-corrected chi connectivity index (χ2v) is 8.95. The van der Waals surface area contributed by atoms with Crippen LogP contribution in [0, 0.1) is 0 Å². The van der Waals surface area contributed by atoms with Crippen LogP contribution < -0.4 is 10.3 Å². The predicted molar refractivity (Wildman–Crippen MR) is 126 cm³/mol. The molecule has 1 fully saturated rings. The van der Waals surface area contributed by atoms with E-state index in [-0.39, 0.29) is 17.3 Å². The van der Waals surface area contributed by atoms with Crippen LogP contribution in [-0.2, 0) is 0 Å². The molecule has 1 saturated heterocycles. The Bertz CT molecular complexity index is 1300. The summed E-state index contributed by atoms with van der Waals surface area (Å²) in [6.07, 6.45) is 5.31. The van der Waals surface area contributed by atoms with E-state index in [1.165, 1.54) is 0 Å². The minimum absolute atomic E-state index is 0.107. The van der Waals surface area contributed by atoms with Gasteiger partial charge in [0.05, 0.1) is 33.5 Å². The fourth-order valence-electron chi connectivity index (χ4n) is 4.10. The van der Waals surface area contributed by atoms with Crippen LogP contribution in [0.1, 0.15) is 35.5 Å². The third-order valence-electron chi connectivity index (χ3n) is 5.80. The topological polar surface area (TPSA) is 73.0 Å². The lowest BCUT2D eigenvalue weighted by Gasteiger charge is -2.33. The first kappa shape index (κ1) is 20.4. The molecule has 8 heteroatoms. The molecule has 0 radical (unpaired) electrons. The van der Waals surface area contributed by atoms with Crippen LogP contribution in [-0.4, -0.2) is 38.4 Å². The highest BCUT2D eigenvalue weighted by Gasteiger charge is 2.23. The van der Waals surface area contributed by atoms with Crippen LogP contribution >= 0.6 is 11.3 Å². The average molecular weight is 446 g/mol. The second-order valence-electron chi connectivity index (χ2n) is 7.88. The number of hydrogen-bond donors (Lipinski definition) is 0. The molecule has 0 amide bonds. The van der Waals surface area contributed by atoms with Gasteiger partial charge in [0.1, 0.15) is 0 Å². The number of carbonyl (C=O) groups is 1. The maximum atomic E-state index is 12.7. The van der Waals surface area contributed by atoms with E-state index in [0.29, 0.717) is 11.4 Å². The fraction of sp³-hybridized carbons (Fsp3) is 0.250. The molecule has 3 aromatic heterocycles. The second kappa shape index (κ2) is 8.55. The van der Waals surface area contributed by atoms with E-state index in [1.807, 2.05) is 53.2 Å². The van der Waals surface area contributed by atoms with E-state index in [1.54, 1.807) is 41.4 Å². The van der Waals surface area contributed by atoms with Gasteiger partial charge < -0.3 is 4.90 Å². The van der Waals surface area contributed by atoms with Gasteiger partial charge in [0.25, 0.3) is 0 Å². The van der Waals surface area contributed by atoms with Crippen LogP contribution in [0.4, 0.5) is 5.00 Å². The van der Waals surface area contributed by atoms with Crippen molar-refractivity contribution in [3.8, 4) is 17.1 Å². The van der Waals surface area contributed by atoms with Crippen molar-refractivity contribution in [2.75, 3.05) is 18.0 Å². The molecule has 0 unspecified atom stereocenters. The highest BCUT2D eigenvalue weighted by atomic mass is 32.1. The zero-order valence-electron chi connectivity index (χ0n) is 17.7. The number of ketones is 1. The standard InChI is InChI=1S/C24H23N5O2S/c1-17(30)22-7-8-23(32-22)27-14-10-18(11-15-27)28-16-12-21(31)24(26-28)20-9-13-25-29(20)19-5-3-2-4-6-19/h2-9,12-13,16,18H,10-11,14-15H2,1H3. The number of anilines is 1. The molecule has 4 heterocycles. The number of carbonyl (C=O) groups excluding carboxylic acids is 1. The van der Waals surface area contributed by atoms with Crippen molar-refractivity contribution >= 4 is 22.1 Å². The first-order valence-electron chi connectivity index (χ1n) is 10.6. The first-order valence-corrected chi connectivity index (χ1v) is 11.5. The number of Topliss-reactive ketones (excluding diaryl/α,β-unsaturated/α-hetero) is 1. The Morgan fingerprint density at radius 2 is 1.81 bits per heavy atom. The average Bonchev–Trinajstić information content (AvgIpc) is 3.51. The van der Waals surface area contributed by atoms with Gasteiger partial charge in [-0.05, 0) is 50.1 Å². The molecular weight excluding hydrogens is 422 g/mol. The maximum absolute atomic E-state index is 12.7. The maximum Gasteiger partial charge on any atom is 0.209 e. The van der Waals surface area contributed by atoms with Crippen LogP contribution in [0.5, 0.6) is 0 Å². The van der Waals surface area contributed by atoms with Crippen molar-refractivity contribution in [3.05, 3.63) is 82.1 Å². The summed E-state index contributed by atoms with van der Waals surface area (Å²) in [5.74, 6) is 0.107. The zero-order chi connectivity index (χ0) is 22.1. The molecule has 0 bridgehead atoms. The predicted octanol–water partition coefficient (Wildman–Crippen LogP) is 4.20. The summed E-state index contributed by atoms with van der Waals surface area (Å²) < 4.78 is 3.67. The number of para-hydroxylation sites is 1. The number of thiophene rings is 1. The van der Waals surface area contributed by atoms with Gasteiger partial charge in [-0.1, -0.05) is 18.2 Å². The third-order valence-corrected chi connectivity index (χ3v) is 7.05. The van der Waals surface area contributed by atoms with Crippen LogP contribution in [0.25, 0.3) is 17.1 Å². The molecule has 0 N–H and O–H groups in total. The summed E-state index contributed by atoms with van der Waals surface area (Å²) in [6, 6.07) is 17.3. The van der Waals surface area contributed by atoms with Crippen LogP contribution in [0.2, 0.25) is 0 Å². The van der Waals surface area contributed by atoms with Crippen molar-refractivity contribution in [2.45, 2.75) is 25.8 Å². The summed E-state index contributed by atoms with van der Waals surface area (Å²) in [5.41, 5.74) is 1.86. The lowest BCUT2D eigenvalue weighted by atomic mass is 10.1. The van der Waals surface area contributed by atoms with Crippen LogP contribution in [0.15, 0.2) is 71.8 Å². The molecule has 1 aliphatic rings. The summed E-state index contributed by atoms with van der Waals surface area (Å²) in [5, 5.41) is 10.3. The van der Waals surface area contributed by atoms with Crippen molar-refractivity contribution in [1.82, 2.24) is 19.6 Å². The lowest BCUT2D eigenvalue weighted by Crippen LogP contribution is -2.35. The minimum atomic E-state index is -0.119. The summed E-state index contributed by atoms with van der Waals surface area (Å²) in [4.78, 5) is 27.4. The van der Waals surface area contributed by atoms with Crippen molar-refractivity contribution < 1.29 is 4.79 Å². The molecule has 1 aliphatic heterocycles. The molecule has 162 valence electrons. The van der Waals surface area contributed by atoms with Gasteiger partial charge in [0.2, 0.25) is 5.43 Å². The Kier molecular flexibility index (Phi) is 5.45. The van der Waals surface area contributed by atoms with Gasteiger partial charge in [0.15, 0.2) is 11.5 Å². The van der Waals surface area contributed by atoms with Gasteiger partial charge in [0, 0.05) is 25.4 Å². The molecule has 0 spiro atoms. The fourth-order valence-corrected chi connectivity index (χ4v) is 5.05. The zero-order valence-corrected chi connectivity index (χ0v) is 18.5. The third kappa shape index (κ3) is 3.89. The van der Waals surface area contributed by atoms with Crippen molar-refractivity contribution in [1.29, 1.82) is 0 Å². The smallest absolute Gasteiger partial charge is 0.209 e. The molecule has 4 aromatic rings. The van der Waals surface area contributed by atoms with Gasteiger partial charge >= 0.3 is 0 Å². The Morgan fingerprint density at radius 3 is 2.53 bits per heavy atom. The van der Waals surface area contributed by atoms with Crippen LogP contribution in [0.3, 0.4) is 0 Å². The van der Waals surface area contributed by atoms with Crippen molar-refractivity contribution in [3.63, 3.8) is 0 Å². The largest absolute Gasteiger partial charge is 0.363 e. The number of nitrogens with zero attached hydrogens (tertiary/aromatic N) is 5. The van der Waals surface area contributed by atoms with E-state index in [2.05, 4.69) is 10.00 Å². The number of benzene rings is 1. The van der Waals surface area contributed by atoms with Gasteiger partial charge in [-0.15, -0.1) is 11.3 Å². The molecule has 1 aromatic carbocycles. The highest BCUT2D eigenvalue weighted by molar-refractivity contribution is 7.18. The quantitative estimate of drug-likeness (QED) is 0.431. The van der Waals surface area contributed by atoms with Gasteiger partial charge in [-0.2, -0.15) is 10.2 Å². The van der Waals surface area contributed by atoms with E-state index in [0.717, 1.165) is 41.5 Å². The van der Waals surface area contributed by atoms with E-state index in [4.69, 9.17) is 5.10 Å². The lowest BCUT2D eigenvalue weighted by molar-refractivity contribution is 0.102. The van der Waals surface area contributed by atoms with E-state index >= 15 is 0 Å². The molecular formula is C24H23N5O2S. The Labute approximate surface area is 189 Å². The monoisotopic (exact) mass is 445 g/mol. The number of aromatic nitrogens is 4. The molecule has 0 saturated carbocycles. The molecule has 0 atom stereocenters. The van der Waals surface area contributed by atoms with E-state index in [9.17, 15) is 9.59 Å². The molecule has 32 heavy (non-hydrogen) atoms. The number of rotatable bonds is 5.